The van der Waals surface area contributed by atoms with Crippen LogP contribution < -0.4 is 5.32 Å². The topological polar surface area (TPSA) is 32.3 Å². The van der Waals surface area contributed by atoms with Gasteiger partial charge in [-0.2, -0.15) is 0 Å². The van der Waals surface area contributed by atoms with Gasteiger partial charge >= 0.3 is 0 Å². The van der Waals surface area contributed by atoms with Gasteiger partial charge in [-0.05, 0) is 73.8 Å². The van der Waals surface area contributed by atoms with Crippen LogP contribution in [0.15, 0.2) is 15.9 Å². The number of thiophene rings is 1. The maximum Gasteiger partial charge on any atom is 0.230 e. The first kappa shape index (κ1) is 16.0. The molecule has 1 unspecified atom stereocenters. The highest BCUT2D eigenvalue weighted by atomic mass is 79.9. The van der Waals surface area contributed by atoms with Crippen LogP contribution in [0.25, 0.3) is 0 Å². The van der Waals surface area contributed by atoms with E-state index in [1.54, 1.807) is 11.3 Å². The Hall–Kier alpha value is -0.390. The summed E-state index contributed by atoms with van der Waals surface area (Å²) in [6.07, 6.45) is 3.52. The van der Waals surface area contributed by atoms with Crippen molar-refractivity contribution < 1.29 is 4.79 Å². The van der Waals surface area contributed by atoms with Gasteiger partial charge < -0.3 is 10.2 Å². The van der Waals surface area contributed by atoms with Gasteiger partial charge in [0.2, 0.25) is 5.91 Å². The van der Waals surface area contributed by atoms with Crippen LogP contribution >= 0.6 is 27.3 Å². The van der Waals surface area contributed by atoms with Crippen molar-refractivity contribution in [1.82, 2.24) is 10.2 Å². The Morgan fingerprint density at radius 2 is 2.20 bits per heavy atom. The molecule has 112 valence electrons. The Morgan fingerprint density at radius 1 is 1.50 bits per heavy atom. The van der Waals surface area contributed by atoms with Gasteiger partial charge in [0.15, 0.2) is 0 Å². The summed E-state index contributed by atoms with van der Waals surface area (Å²) in [5, 5.41) is 3.21. The maximum atomic E-state index is 12.5. The third-order valence-electron chi connectivity index (χ3n) is 4.12. The molecule has 0 aliphatic carbocycles. The van der Waals surface area contributed by atoms with Crippen molar-refractivity contribution in [2.24, 2.45) is 5.92 Å². The standard InChI is InChI=1S/C15H23BrN2OS/c1-11(13-3-4-14(16)20-13)15(19)18-9-6-12(7-10-18)5-8-17-2/h3-4,11-12,17H,5-10H2,1-2H3. The summed E-state index contributed by atoms with van der Waals surface area (Å²) in [6, 6.07) is 4.07. The number of rotatable bonds is 5. The number of nitrogens with one attached hydrogen (secondary N) is 1. The molecule has 5 heteroatoms. The van der Waals surface area contributed by atoms with E-state index in [0.717, 1.165) is 47.1 Å². The molecular formula is C15H23BrN2OS. The number of carbonyl (C=O) groups excluding carboxylic acids is 1. The van der Waals surface area contributed by atoms with Crippen LogP contribution in [-0.4, -0.2) is 37.5 Å². The van der Waals surface area contributed by atoms with E-state index in [4.69, 9.17) is 0 Å². The van der Waals surface area contributed by atoms with E-state index in [1.807, 2.05) is 24.9 Å². The number of hydrogen-bond donors (Lipinski definition) is 1. The van der Waals surface area contributed by atoms with Crippen LogP contribution in [0.4, 0.5) is 0 Å². The Bertz CT molecular complexity index is 441. The number of amides is 1. The maximum absolute atomic E-state index is 12.5. The van der Waals surface area contributed by atoms with Crippen LogP contribution in [0.2, 0.25) is 0 Å². The number of nitrogens with zero attached hydrogens (tertiary/aromatic N) is 1. The monoisotopic (exact) mass is 358 g/mol. The highest BCUT2D eigenvalue weighted by molar-refractivity contribution is 9.11. The first-order valence-corrected chi connectivity index (χ1v) is 8.91. The summed E-state index contributed by atoms with van der Waals surface area (Å²) in [5.74, 6) is 1.05. The smallest absolute Gasteiger partial charge is 0.230 e. The minimum absolute atomic E-state index is 0.0137. The van der Waals surface area contributed by atoms with E-state index in [-0.39, 0.29) is 11.8 Å². The molecule has 0 radical (unpaired) electrons. The molecule has 2 heterocycles. The second kappa shape index (κ2) is 7.57. The number of hydrogen-bond acceptors (Lipinski definition) is 3. The lowest BCUT2D eigenvalue weighted by Crippen LogP contribution is -2.40. The largest absolute Gasteiger partial charge is 0.342 e. The molecule has 0 aromatic carbocycles. The van der Waals surface area contributed by atoms with Crippen molar-refractivity contribution >= 4 is 33.2 Å². The van der Waals surface area contributed by atoms with Gasteiger partial charge in [-0.3, -0.25) is 4.79 Å². The summed E-state index contributed by atoms with van der Waals surface area (Å²) >= 11 is 5.13. The molecule has 3 nitrogen and oxygen atoms in total. The van der Waals surface area contributed by atoms with Gasteiger partial charge in [0, 0.05) is 18.0 Å². The van der Waals surface area contributed by atoms with Crippen molar-refractivity contribution in [3.8, 4) is 0 Å². The van der Waals surface area contributed by atoms with E-state index in [1.165, 1.54) is 6.42 Å². The fourth-order valence-electron chi connectivity index (χ4n) is 2.75. The SMILES string of the molecule is CNCCC1CCN(C(=O)C(C)c2ccc(Br)s2)CC1. The van der Waals surface area contributed by atoms with Crippen molar-refractivity contribution in [2.75, 3.05) is 26.7 Å². The third kappa shape index (κ3) is 4.06. The van der Waals surface area contributed by atoms with Gasteiger partial charge in [0.1, 0.15) is 0 Å². The molecule has 1 amide bonds. The molecular weight excluding hydrogens is 336 g/mol. The van der Waals surface area contributed by atoms with E-state index < -0.39 is 0 Å². The molecule has 0 bridgehead atoms. The summed E-state index contributed by atoms with van der Waals surface area (Å²) in [7, 11) is 2.00. The normalized spacial score (nSPS) is 18.2. The van der Waals surface area contributed by atoms with Gasteiger partial charge in [-0.25, -0.2) is 0 Å². The van der Waals surface area contributed by atoms with Crippen molar-refractivity contribution in [3.05, 3.63) is 20.8 Å². The molecule has 1 aromatic rings. The molecule has 1 saturated heterocycles. The zero-order valence-corrected chi connectivity index (χ0v) is 14.6. The highest BCUT2D eigenvalue weighted by Gasteiger charge is 2.27. The zero-order valence-electron chi connectivity index (χ0n) is 12.2. The minimum atomic E-state index is -0.0137. The quantitative estimate of drug-likeness (QED) is 0.873. The van der Waals surface area contributed by atoms with Gasteiger partial charge in [-0.15, -0.1) is 11.3 Å². The van der Waals surface area contributed by atoms with Crippen LogP contribution in [0.5, 0.6) is 0 Å². The number of carbonyl (C=O) groups is 1. The molecule has 2 rings (SSSR count). The summed E-state index contributed by atoms with van der Waals surface area (Å²) in [5.41, 5.74) is 0. The van der Waals surface area contributed by atoms with E-state index >= 15 is 0 Å². The van der Waals surface area contributed by atoms with E-state index in [9.17, 15) is 4.79 Å². The second-order valence-electron chi connectivity index (χ2n) is 5.52. The predicted octanol–water partition coefficient (Wildman–Crippen LogP) is 3.46. The Labute approximate surface area is 133 Å². The molecule has 20 heavy (non-hydrogen) atoms. The second-order valence-corrected chi connectivity index (χ2v) is 8.02. The van der Waals surface area contributed by atoms with Crippen molar-refractivity contribution in [2.45, 2.75) is 32.1 Å². The van der Waals surface area contributed by atoms with Gasteiger partial charge in [-0.1, -0.05) is 0 Å². The molecule has 0 saturated carbocycles. The average molecular weight is 359 g/mol. The van der Waals surface area contributed by atoms with Gasteiger partial charge in [0.25, 0.3) is 0 Å². The molecule has 0 spiro atoms. The fourth-order valence-corrected chi connectivity index (χ4v) is 4.21. The summed E-state index contributed by atoms with van der Waals surface area (Å²) in [6.45, 7) is 4.94. The van der Waals surface area contributed by atoms with Crippen LogP contribution in [0, 0.1) is 5.92 Å². The average Bonchev–Trinajstić information content (AvgIpc) is 2.90. The van der Waals surface area contributed by atoms with Crippen LogP contribution in [0.3, 0.4) is 0 Å². The van der Waals surface area contributed by atoms with Crippen LogP contribution in [-0.2, 0) is 4.79 Å². The number of halogens is 1. The molecule has 1 aromatic heterocycles. The van der Waals surface area contributed by atoms with E-state index in [2.05, 4.69) is 27.3 Å². The predicted molar refractivity (Wildman–Crippen MR) is 88.3 cm³/mol. The molecule has 1 aliphatic heterocycles. The Balaban J connectivity index is 1.85. The first-order valence-electron chi connectivity index (χ1n) is 7.30. The van der Waals surface area contributed by atoms with Gasteiger partial charge in [0.05, 0.1) is 9.70 Å². The third-order valence-corrected chi connectivity index (χ3v) is 5.93. The van der Waals surface area contributed by atoms with Crippen molar-refractivity contribution in [1.29, 1.82) is 0 Å². The number of likely N-dealkylation sites (tertiary alicyclic amines) is 1. The summed E-state index contributed by atoms with van der Waals surface area (Å²) in [4.78, 5) is 15.7. The van der Waals surface area contributed by atoms with Crippen LogP contribution in [0.1, 0.15) is 37.0 Å². The Morgan fingerprint density at radius 3 is 2.75 bits per heavy atom. The lowest BCUT2D eigenvalue weighted by Gasteiger charge is -2.33. The van der Waals surface area contributed by atoms with E-state index in [0.29, 0.717) is 0 Å². The number of piperidine rings is 1. The molecule has 1 N–H and O–H groups in total. The highest BCUT2D eigenvalue weighted by Crippen LogP contribution is 2.30. The first-order chi connectivity index (χ1) is 9.61. The molecule has 1 aliphatic rings. The molecule has 1 fully saturated rings. The lowest BCUT2D eigenvalue weighted by molar-refractivity contribution is -0.133. The summed E-state index contributed by atoms with van der Waals surface area (Å²) < 4.78 is 1.10. The van der Waals surface area contributed by atoms with Crippen molar-refractivity contribution in [3.63, 3.8) is 0 Å². The lowest BCUT2D eigenvalue weighted by atomic mass is 9.93. The molecule has 1 atom stereocenters. The zero-order chi connectivity index (χ0) is 14.5. The Kier molecular flexibility index (Phi) is 6.05. The minimum Gasteiger partial charge on any atom is -0.342 e. The fraction of sp³-hybridized carbons (Fsp3) is 0.667.